The number of esters is 6. The molecule has 0 radical (unpaired) electrons. The highest BCUT2D eigenvalue weighted by molar-refractivity contribution is 6.06. The van der Waals surface area contributed by atoms with Gasteiger partial charge in [0.05, 0.1) is 53.2 Å². The summed E-state index contributed by atoms with van der Waals surface area (Å²) in [4.78, 5) is 81.9. The lowest BCUT2D eigenvalue weighted by Crippen LogP contribution is -2.19. The van der Waals surface area contributed by atoms with Crippen LogP contribution in [0.2, 0.25) is 0 Å². The van der Waals surface area contributed by atoms with Crippen LogP contribution in [0.3, 0.4) is 0 Å². The highest BCUT2D eigenvalue weighted by atomic mass is 16.6. The fraction of sp³-hybridized carbons (Fsp3) is 0.185. The monoisotopic (exact) mass is 1280 g/mol. The molecule has 10 aromatic rings. The van der Waals surface area contributed by atoms with Gasteiger partial charge in [-0.3, -0.25) is 0 Å². The van der Waals surface area contributed by atoms with E-state index in [0.717, 1.165) is 114 Å². The lowest BCUT2D eigenvalue weighted by Gasteiger charge is -2.12. The van der Waals surface area contributed by atoms with E-state index in [-0.39, 0.29) is 50.6 Å². The maximum atomic E-state index is 14.2. The molecule has 15 nitrogen and oxygen atoms in total. The second kappa shape index (κ2) is 33.8. The highest BCUT2D eigenvalue weighted by Gasteiger charge is 2.25. The molecule has 0 bridgehead atoms. The molecule has 0 unspecified atom stereocenters. The van der Waals surface area contributed by atoms with E-state index < -0.39 is 35.8 Å². The molecule has 0 saturated carbocycles. The molecule has 0 spiro atoms. The van der Waals surface area contributed by atoms with Crippen molar-refractivity contribution in [2.24, 2.45) is 0 Å². The van der Waals surface area contributed by atoms with Crippen LogP contribution in [0.15, 0.2) is 237 Å². The lowest BCUT2D eigenvalue weighted by molar-refractivity contribution is 0.0689. The van der Waals surface area contributed by atoms with Crippen LogP contribution < -0.4 is 42.6 Å². The smallest absolute Gasteiger partial charge is 0.344 e. The Labute approximate surface area is 558 Å². The van der Waals surface area contributed by atoms with Crippen molar-refractivity contribution in [2.75, 3.05) is 19.8 Å². The summed E-state index contributed by atoms with van der Waals surface area (Å²) in [5, 5.41) is 0. The Kier molecular flexibility index (Phi) is 23.7. The van der Waals surface area contributed by atoms with E-state index >= 15 is 0 Å². The number of carbonyl (C=O) groups is 6. The third-order valence-corrected chi connectivity index (χ3v) is 15.4. The van der Waals surface area contributed by atoms with Gasteiger partial charge < -0.3 is 42.6 Å². The van der Waals surface area contributed by atoms with Gasteiger partial charge in [0.25, 0.3) is 0 Å². The number of hydrogen-bond donors (Lipinski definition) is 0. The zero-order chi connectivity index (χ0) is 67.0. The van der Waals surface area contributed by atoms with Gasteiger partial charge in [0.2, 0.25) is 0 Å². The standard InChI is InChI=1S/C81H72O15/c1-4-7-10-51-88-65-32-13-55(14-33-65)58-19-38-68(39-20-58)91-76(82)61-25-44-71(45-26-61)94-79(85)64-31-50-74(80(86)95-72-46-27-62(28-47-72)77(83)92-69-40-21-59(22-41-69)56-15-34-66(35-16-56)89-52-11-8-5-2)75(54-64)81(87)96-73-48-29-63(30-49-73)78(84)93-70-42-23-60(24-43-70)57-17-36-67(37-18-57)90-53-12-9-6-3/h13-50,54H,4-12,51-53H2,1-3H3. The van der Waals surface area contributed by atoms with Gasteiger partial charge in [0, 0.05) is 0 Å². The molecule has 0 aromatic heterocycles. The zero-order valence-corrected chi connectivity index (χ0v) is 53.6. The predicted molar refractivity (Wildman–Crippen MR) is 366 cm³/mol. The molecule has 0 aliphatic rings. The van der Waals surface area contributed by atoms with Crippen molar-refractivity contribution in [3.63, 3.8) is 0 Å². The summed E-state index contributed by atoms with van der Waals surface area (Å²) in [6.45, 7) is 8.45. The second-order valence-corrected chi connectivity index (χ2v) is 22.5. The van der Waals surface area contributed by atoms with Crippen LogP contribution >= 0.6 is 0 Å². The molecule has 96 heavy (non-hydrogen) atoms. The van der Waals surface area contributed by atoms with E-state index in [1.165, 1.54) is 84.9 Å². The van der Waals surface area contributed by atoms with Crippen molar-refractivity contribution >= 4 is 35.8 Å². The number of benzene rings is 10. The molecule has 0 aliphatic heterocycles. The highest BCUT2D eigenvalue weighted by Crippen LogP contribution is 2.31. The van der Waals surface area contributed by atoms with E-state index in [9.17, 15) is 28.8 Å². The first-order valence-corrected chi connectivity index (χ1v) is 32.2. The summed E-state index contributed by atoms with van der Waals surface area (Å²) < 4.78 is 51.6. The first-order chi connectivity index (χ1) is 46.9. The van der Waals surface area contributed by atoms with Crippen LogP contribution in [0, 0.1) is 0 Å². The summed E-state index contributed by atoms with van der Waals surface area (Å²) in [7, 11) is 0. The minimum absolute atomic E-state index is 0.0132. The Morgan fingerprint density at radius 2 is 0.427 bits per heavy atom. The average molecular weight is 1290 g/mol. The average Bonchev–Trinajstić information content (AvgIpc) is 0.831. The molecular formula is C81H72O15. The van der Waals surface area contributed by atoms with E-state index in [4.69, 9.17) is 42.6 Å². The van der Waals surface area contributed by atoms with Crippen LogP contribution in [-0.4, -0.2) is 55.6 Å². The molecule has 0 aliphatic carbocycles. The van der Waals surface area contributed by atoms with Gasteiger partial charge in [-0.05, 0) is 216 Å². The van der Waals surface area contributed by atoms with Crippen LogP contribution in [0.25, 0.3) is 33.4 Å². The molecule has 0 amide bonds. The summed E-state index contributed by atoms with van der Waals surface area (Å²) in [5.74, 6) is -1.58. The Morgan fingerprint density at radius 1 is 0.219 bits per heavy atom. The van der Waals surface area contributed by atoms with Gasteiger partial charge in [-0.2, -0.15) is 0 Å². The van der Waals surface area contributed by atoms with Gasteiger partial charge in [-0.15, -0.1) is 0 Å². The van der Waals surface area contributed by atoms with Crippen LogP contribution in [0.1, 0.15) is 141 Å². The molecule has 15 heteroatoms. The minimum Gasteiger partial charge on any atom is -0.494 e. The molecule has 486 valence electrons. The summed E-state index contributed by atoms with van der Waals surface area (Å²) in [6, 6.07) is 65.1. The number of rotatable bonds is 30. The first-order valence-electron chi connectivity index (χ1n) is 32.2. The Balaban J connectivity index is 0.784. The van der Waals surface area contributed by atoms with Crippen molar-refractivity contribution in [1.82, 2.24) is 0 Å². The van der Waals surface area contributed by atoms with Gasteiger partial charge in [0.1, 0.15) is 51.7 Å². The SMILES string of the molecule is CCCCCOc1ccc(-c2ccc(OC(=O)c3ccc(OC(=O)c4ccc(C(=O)Oc5ccc(C(=O)Oc6ccc(-c7ccc(OCCCCC)cc7)cc6)cc5)c(C(=O)Oc5ccc(C(=O)Oc6ccc(-c7ccc(OCCCCC)cc7)cc6)cc5)c4)cc3)cc2)cc1. The normalized spacial score (nSPS) is 10.8. The maximum Gasteiger partial charge on any atom is 0.344 e. The Hall–Kier alpha value is -11.6. The molecule has 10 rings (SSSR count). The van der Waals surface area contributed by atoms with Crippen LogP contribution in [0.4, 0.5) is 0 Å². The van der Waals surface area contributed by atoms with Crippen molar-refractivity contribution in [3.05, 3.63) is 270 Å². The molecule has 0 fully saturated rings. The zero-order valence-electron chi connectivity index (χ0n) is 53.6. The van der Waals surface area contributed by atoms with Crippen molar-refractivity contribution in [3.8, 4) is 85.1 Å². The largest absolute Gasteiger partial charge is 0.494 e. The molecule has 0 N–H and O–H groups in total. The van der Waals surface area contributed by atoms with E-state index in [1.54, 1.807) is 36.4 Å². The van der Waals surface area contributed by atoms with Gasteiger partial charge in [0.15, 0.2) is 0 Å². The fourth-order valence-corrected chi connectivity index (χ4v) is 9.99. The minimum atomic E-state index is -1.07. The second-order valence-electron chi connectivity index (χ2n) is 22.5. The Morgan fingerprint density at radius 3 is 0.688 bits per heavy atom. The molecule has 0 saturated heterocycles. The number of ether oxygens (including phenoxy) is 9. The van der Waals surface area contributed by atoms with Gasteiger partial charge in [-0.25, -0.2) is 28.8 Å². The van der Waals surface area contributed by atoms with Crippen molar-refractivity contribution < 1.29 is 71.4 Å². The fourth-order valence-electron chi connectivity index (χ4n) is 9.99. The van der Waals surface area contributed by atoms with Crippen molar-refractivity contribution in [1.29, 1.82) is 0 Å². The van der Waals surface area contributed by atoms with Gasteiger partial charge in [-0.1, -0.05) is 132 Å². The van der Waals surface area contributed by atoms with Crippen LogP contribution in [0.5, 0.6) is 51.7 Å². The summed E-state index contributed by atoms with van der Waals surface area (Å²) >= 11 is 0. The first kappa shape index (κ1) is 67.3. The third-order valence-electron chi connectivity index (χ3n) is 15.4. The molecule has 0 heterocycles. The number of carbonyl (C=O) groups excluding carboxylic acids is 6. The summed E-state index contributed by atoms with van der Waals surface area (Å²) in [6.07, 6.45) is 9.71. The maximum absolute atomic E-state index is 14.2. The number of unbranched alkanes of at least 4 members (excludes halogenated alkanes) is 6. The molecule has 0 atom stereocenters. The number of hydrogen-bond acceptors (Lipinski definition) is 15. The molecule has 10 aromatic carbocycles. The van der Waals surface area contributed by atoms with E-state index in [0.29, 0.717) is 37.1 Å². The summed E-state index contributed by atoms with van der Waals surface area (Å²) in [5.41, 5.74) is 5.32. The van der Waals surface area contributed by atoms with E-state index in [2.05, 4.69) is 20.8 Å². The van der Waals surface area contributed by atoms with Crippen molar-refractivity contribution in [2.45, 2.75) is 78.6 Å². The quantitative estimate of drug-likeness (QED) is 0.0235. The lowest BCUT2D eigenvalue weighted by atomic mass is 10.0. The molecular weight excluding hydrogens is 1210 g/mol. The van der Waals surface area contributed by atoms with Gasteiger partial charge >= 0.3 is 35.8 Å². The Bertz CT molecular complexity index is 4220. The topological polar surface area (TPSA) is 185 Å². The van der Waals surface area contributed by atoms with Crippen LogP contribution in [-0.2, 0) is 0 Å². The van der Waals surface area contributed by atoms with E-state index in [1.807, 2.05) is 109 Å². The predicted octanol–water partition coefficient (Wildman–Crippen LogP) is 18.7. The third kappa shape index (κ3) is 19.0.